The third-order valence-corrected chi connectivity index (χ3v) is 8.15. The van der Waals surface area contributed by atoms with Gasteiger partial charge in [-0.25, -0.2) is 0 Å². The van der Waals surface area contributed by atoms with Crippen LogP contribution in [0, 0.1) is 5.92 Å². The quantitative estimate of drug-likeness (QED) is 0.548. The molecule has 3 amide bonds. The molecule has 1 aromatic carbocycles. The normalized spacial score (nSPS) is 23.6. The Bertz CT molecular complexity index is 1060. The van der Waals surface area contributed by atoms with Gasteiger partial charge in [-0.2, -0.15) is 0 Å². The lowest BCUT2D eigenvalue weighted by Gasteiger charge is -2.30. The van der Waals surface area contributed by atoms with Gasteiger partial charge in [0, 0.05) is 30.7 Å². The van der Waals surface area contributed by atoms with Gasteiger partial charge in [0.2, 0.25) is 5.91 Å². The molecule has 1 aromatic heterocycles. The van der Waals surface area contributed by atoms with Crippen molar-refractivity contribution in [1.29, 1.82) is 0 Å². The molecule has 8 nitrogen and oxygen atoms in total. The first-order valence-corrected chi connectivity index (χ1v) is 14.0. The Labute approximate surface area is 223 Å². The summed E-state index contributed by atoms with van der Waals surface area (Å²) in [4.78, 5) is 44.8. The standard InChI is InChI=1S/C28H38N4O4S/c1-18(2)16-31(27(34)19-6-12-23(36-3)13-7-19)22-15-24(26(33)30-21-10-8-20(29)9-11-21)32(17-22)28(35)25-5-4-14-37-25/h4-7,12-14,18,20-22,24H,8-11,15-17,29H2,1-3H3,(H,30,33). The zero-order chi connectivity index (χ0) is 26.5. The van der Waals surface area contributed by atoms with Crippen molar-refractivity contribution in [2.45, 2.75) is 70.1 Å². The summed E-state index contributed by atoms with van der Waals surface area (Å²) in [7, 11) is 1.59. The first-order valence-electron chi connectivity index (χ1n) is 13.1. The number of nitrogens with one attached hydrogen (secondary N) is 1. The van der Waals surface area contributed by atoms with E-state index in [4.69, 9.17) is 10.5 Å². The highest BCUT2D eigenvalue weighted by Crippen LogP contribution is 2.29. The predicted octanol–water partition coefficient (Wildman–Crippen LogP) is 3.52. The number of nitrogens with two attached hydrogens (primary N) is 1. The van der Waals surface area contributed by atoms with Crippen LogP contribution in [0.1, 0.15) is 66.0 Å². The molecule has 0 radical (unpaired) electrons. The molecule has 4 rings (SSSR count). The highest BCUT2D eigenvalue weighted by Gasteiger charge is 2.44. The number of thiophene rings is 1. The van der Waals surface area contributed by atoms with E-state index < -0.39 is 6.04 Å². The molecule has 1 aliphatic heterocycles. The van der Waals surface area contributed by atoms with Crippen LogP contribution in [0.2, 0.25) is 0 Å². The maximum atomic E-state index is 13.7. The van der Waals surface area contributed by atoms with E-state index in [9.17, 15) is 14.4 Å². The number of likely N-dealkylation sites (tertiary alicyclic amines) is 1. The number of carbonyl (C=O) groups excluding carboxylic acids is 3. The molecular weight excluding hydrogens is 488 g/mol. The third kappa shape index (κ3) is 6.51. The van der Waals surface area contributed by atoms with E-state index in [0.29, 0.717) is 35.7 Å². The number of ether oxygens (including phenoxy) is 1. The first-order chi connectivity index (χ1) is 17.8. The Hall–Kier alpha value is -2.91. The molecule has 0 spiro atoms. The summed E-state index contributed by atoms with van der Waals surface area (Å²) in [6.07, 6.45) is 3.86. The van der Waals surface area contributed by atoms with Crippen molar-refractivity contribution < 1.29 is 19.1 Å². The van der Waals surface area contributed by atoms with Crippen molar-refractivity contribution in [3.8, 4) is 5.75 Å². The highest BCUT2D eigenvalue weighted by molar-refractivity contribution is 7.12. The van der Waals surface area contributed by atoms with Crippen LogP contribution >= 0.6 is 11.3 Å². The van der Waals surface area contributed by atoms with Crippen LogP contribution < -0.4 is 15.8 Å². The summed E-state index contributed by atoms with van der Waals surface area (Å²) in [5.41, 5.74) is 6.60. The van der Waals surface area contributed by atoms with E-state index in [0.717, 1.165) is 25.7 Å². The molecule has 1 saturated heterocycles. The first kappa shape index (κ1) is 27.1. The monoisotopic (exact) mass is 526 g/mol. The van der Waals surface area contributed by atoms with Gasteiger partial charge in [0.25, 0.3) is 11.8 Å². The van der Waals surface area contributed by atoms with Crippen LogP contribution in [0.3, 0.4) is 0 Å². The summed E-state index contributed by atoms with van der Waals surface area (Å²) in [6.45, 7) is 4.98. The zero-order valence-electron chi connectivity index (χ0n) is 21.9. The largest absolute Gasteiger partial charge is 0.497 e. The molecular formula is C28H38N4O4S. The molecule has 2 unspecified atom stereocenters. The van der Waals surface area contributed by atoms with Gasteiger partial charge in [-0.05, 0) is 73.7 Å². The van der Waals surface area contributed by atoms with Crippen LogP contribution in [0.4, 0.5) is 0 Å². The average Bonchev–Trinajstić information content (AvgIpc) is 3.59. The molecule has 2 aromatic rings. The Kier molecular flexibility index (Phi) is 8.87. The molecule has 0 bridgehead atoms. The number of hydrogen-bond donors (Lipinski definition) is 2. The summed E-state index contributed by atoms with van der Waals surface area (Å²) >= 11 is 1.37. The number of carbonyl (C=O) groups is 3. The van der Waals surface area contributed by atoms with E-state index in [2.05, 4.69) is 19.2 Å². The van der Waals surface area contributed by atoms with E-state index in [1.54, 1.807) is 42.3 Å². The summed E-state index contributed by atoms with van der Waals surface area (Å²) in [5, 5.41) is 5.04. The molecule has 2 aliphatic rings. The van der Waals surface area contributed by atoms with Gasteiger partial charge in [-0.15, -0.1) is 11.3 Å². The van der Waals surface area contributed by atoms with E-state index in [1.165, 1.54) is 11.3 Å². The number of hydrogen-bond acceptors (Lipinski definition) is 6. The second-order valence-corrected chi connectivity index (χ2v) is 11.5. The van der Waals surface area contributed by atoms with Gasteiger partial charge in [-0.3, -0.25) is 14.4 Å². The Balaban J connectivity index is 1.57. The highest BCUT2D eigenvalue weighted by atomic mass is 32.1. The molecule has 2 fully saturated rings. The zero-order valence-corrected chi connectivity index (χ0v) is 22.7. The van der Waals surface area contributed by atoms with Crippen molar-refractivity contribution in [2.24, 2.45) is 11.7 Å². The lowest BCUT2D eigenvalue weighted by atomic mass is 9.91. The minimum atomic E-state index is -0.631. The van der Waals surface area contributed by atoms with Gasteiger partial charge < -0.3 is 25.6 Å². The smallest absolute Gasteiger partial charge is 0.264 e. The van der Waals surface area contributed by atoms with E-state index in [1.807, 2.05) is 16.3 Å². The Morgan fingerprint density at radius 3 is 2.43 bits per heavy atom. The number of methoxy groups -OCH3 is 1. The lowest BCUT2D eigenvalue weighted by molar-refractivity contribution is -0.125. The SMILES string of the molecule is COc1ccc(C(=O)N(CC(C)C)C2CC(C(=O)NC3CCC(N)CC3)N(C(=O)c3cccs3)C2)cc1. The van der Waals surface area contributed by atoms with E-state index >= 15 is 0 Å². The van der Waals surface area contributed by atoms with Crippen LogP contribution in [0.5, 0.6) is 5.75 Å². The van der Waals surface area contributed by atoms with Gasteiger partial charge in [-0.1, -0.05) is 19.9 Å². The van der Waals surface area contributed by atoms with Gasteiger partial charge in [0.05, 0.1) is 18.0 Å². The van der Waals surface area contributed by atoms with Gasteiger partial charge in [0.15, 0.2) is 0 Å². The topological polar surface area (TPSA) is 105 Å². The van der Waals surface area contributed by atoms with Crippen molar-refractivity contribution in [3.63, 3.8) is 0 Å². The molecule has 9 heteroatoms. The fourth-order valence-electron chi connectivity index (χ4n) is 5.31. The lowest BCUT2D eigenvalue weighted by Crippen LogP contribution is -2.50. The molecule has 1 saturated carbocycles. The second-order valence-electron chi connectivity index (χ2n) is 10.5. The fourth-order valence-corrected chi connectivity index (χ4v) is 5.98. The molecule has 2 heterocycles. The van der Waals surface area contributed by atoms with Crippen molar-refractivity contribution in [1.82, 2.24) is 15.1 Å². The molecule has 3 N–H and O–H groups in total. The Morgan fingerprint density at radius 2 is 1.84 bits per heavy atom. The van der Waals surface area contributed by atoms with Crippen LogP contribution in [-0.2, 0) is 4.79 Å². The number of nitrogens with zero attached hydrogens (tertiary/aromatic N) is 2. The maximum absolute atomic E-state index is 13.7. The minimum absolute atomic E-state index is 0.0673. The van der Waals surface area contributed by atoms with Crippen molar-refractivity contribution in [3.05, 3.63) is 52.2 Å². The second kappa shape index (κ2) is 12.1. The molecule has 200 valence electrons. The number of benzene rings is 1. The molecule has 1 aliphatic carbocycles. The van der Waals surface area contributed by atoms with Gasteiger partial charge in [0.1, 0.15) is 11.8 Å². The number of rotatable bonds is 8. The maximum Gasteiger partial charge on any atom is 0.264 e. The summed E-state index contributed by atoms with van der Waals surface area (Å²) < 4.78 is 5.24. The van der Waals surface area contributed by atoms with Crippen molar-refractivity contribution >= 4 is 29.1 Å². The van der Waals surface area contributed by atoms with Crippen LogP contribution in [0.15, 0.2) is 41.8 Å². The van der Waals surface area contributed by atoms with Crippen LogP contribution in [-0.4, -0.2) is 71.9 Å². The molecule has 37 heavy (non-hydrogen) atoms. The fraction of sp³-hybridized carbons (Fsp3) is 0.536. The average molecular weight is 527 g/mol. The van der Waals surface area contributed by atoms with E-state index in [-0.39, 0.29) is 41.8 Å². The minimum Gasteiger partial charge on any atom is -0.497 e. The third-order valence-electron chi connectivity index (χ3n) is 7.29. The van der Waals surface area contributed by atoms with Gasteiger partial charge >= 0.3 is 0 Å². The summed E-state index contributed by atoms with van der Waals surface area (Å²) in [5.74, 6) is 0.495. The van der Waals surface area contributed by atoms with Crippen molar-refractivity contribution in [2.75, 3.05) is 20.2 Å². The molecule has 2 atom stereocenters. The Morgan fingerprint density at radius 1 is 1.14 bits per heavy atom. The van der Waals surface area contributed by atoms with Crippen LogP contribution in [0.25, 0.3) is 0 Å². The number of amides is 3. The predicted molar refractivity (Wildman–Crippen MR) is 145 cm³/mol. The summed E-state index contributed by atoms with van der Waals surface area (Å²) in [6, 6.07) is 10.0.